The minimum Gasteiger partial charge on any atom is -0.340 e. The number of nitrogens with one attached hydrogen (secondary N) is 1. The summed E-state index contributed by atoms with van der Waals surface area (Å²) in [6, 6.07) is 7.34. The standard InChI is InChI=1S/C19H23ClN4O/c1-12-5-4-8-24(11-12)19(25)17-10-18(22-14(3)21-17)23-16-7-6-15(20)9-13(16)2/h6-7,9-10,12H,4-5,8,11H2,1-3H3,(H,21,22,23). The predicted molar refractivity (Wildman–Crippen MR) is 101 cm³/mol. The van der Waals surface area contributed by atoms with Gasteiger partial charge in [-0.25, -0.2) is 9.97 Å². The summed E-state index contributed by atoms with van der Waals surface area (Å²) in [6.45, 7) is 7.55. The fourth-order valence-electron chi connectivity index (χ4n) is 3.18. The van der Waals surface area contributed by atoms with Crippen LogP contribution in [0.15, 0.2) is 24.3 Å². The zero-order valence-corrected chi connectivity index (χ0v) is 15.6. The van der Waals surface area contributed by atoms with Gasteiger partial charge in [0, 0.05) is 29.9 Å². The van der Waals surface area contributed by atoms with Crippen molar-refractivity contribution in [3.8, 4) is 0 Å². The highest BCUT2D eigenvalue weighted by Crippen LogP contribution is 2.24. The van der Waals surface area contributed by atoms with E-state index in [1.807, 2.05) is 30.0 Å². The molecule has 1 aliphatic heterocycles. The number of piperidine rings is 1. The third-order valence-electron chi connectivity index (χ3n) is 4.45. The van der Waals surface area contributed by atoms with E-state index in [1.165, 1.54) is 6.42 Å². The number of benzene rings is 1. The van der Waals surface area contributed by atoms with Crippen molar-refractivity contribution in [1.29, 1.82) is 0 Å². The van der Waals surface area contributed by atoms with Gasteiger partial charge in [-0.05, 0) is 56.4 Å². The molecular weight excluding hydrogens is 336 g/mol. The molecule has 1 amide bonds. The van der Waals surface area contributed by atoms with Crippen molar-refractivity contribution < 1.29 is 4.79 Å². The molecule has 1 fully saturated rings. The molecule has 1 saturated heterocycles. The van der Waals surface area contributed by atoms with Crippen molar-refractivity contribution in [2.24, 2.45) is 5.92 Å². The number of anilines is 2. The fraction of sp³-hybridized carbons (Fsp3) is 0.421. The molecule has 1 N–H and O–H groups in total. The minimum absolute atomic E-state index is 0.0204. The summed E-state index contributed by atoms with van der Waals surface area (Å²) in [6.07, 6.45) is 2.22. The molecule has 3 rings (SSSR count). The van der Waals surface area contributed by atoms with Gasteiger partial charge in [-0.15, -0.1) is 0 Å². The van der Waals surface area contributed by atoms with Gasteiger partial charge in [0.2, 0.25) is 0 Å². The van der Waals surface area contributed by atoms with Crippen LogP contribution >= 0.6 is 11.6 Å². The lowest BCUT2D eigenvalue weighted by molar-refractivity contribution is 0.0676. The summed E-state index contributed by atoms with van der Waals surface area (Å²) < 4.78 is 0. The van der Waals surface area contributed by atoms with Gasteiger partial charge in [0.1, 0.15) is 17.3 Å². The maximum absolute atomic E-state index is 12.8. The first kappa shape index (κ1) is 17.7. The van der Waals surface area contributed by atoms with E-state index >= 15 is 0 Å². The van der Waals surface area contributed by atoms with Gasteiger partial charge in [0.25, 0.3) is 5.91 Å². The number of nitrogens with zero attached hydrogens (tertiary/aromatic N) is 3. The maximum Gasteiger partial charge on any atom is 0.272 e. The second-order valence-electron chi connectivity index (χ2n) is 6.77. The van der Waals surface area contributed by atoms with Gasteiger partial charge in [-0.3, -0.25) is 4.79 Å². The summed E-state index contributed by atoms with van der Waals surface area (Å²) in [5.41, 5.74) is 2.37. The van der Waals surface area contributed by atoms with Crippen LogP contribution in [0, 0.1) is 19.8 Å². The highest BCUT2D eigenvalue weighted by molar-refractivity contribution is 6.30. The van der Waals surface area contributed by atoms with Gasteiger partial charge in [-0.1, -0.05) is 18.5 Å². The topological polar surface area (TPSA) is 58.1 Å². The molecule has 0 bridgehead atoms. The average Bonchev–Trinajstić information content (AvgIpc) is 2.56. The molecule has 1 atom stereocenters. The van der Waals surface area contributed by atoms with Gasteiger partial charge >= 0.3 is 0 Å². The van der Waals surface area contributed by atoms with E-state index in [0.717, 1.165) is 30.8 Å². The van der Waals surface area contributed by atoms with Crippen molar-refractivity contribution in [2.45, 2.75) is 33.6 Å². The van der Waals surface area contributed by atoms with E-state index in [0.29, 0.717) is 28.3 Å². The molecule has 1 unspecified atom stereocenters. The van der Waals surface area contributed by atoms with Crippen LogP contribution in [0.2, 0.25) is 5.02 Å². The molecule has 1 aliphatic rings. The second kappa shape index (κ2) is 7.40. The van der Waals surface area contributed by atoms with E-state index in [-0.39, 0.29) is 5.91 Å². The van der Waals surface area contributed by atoms with Gasteiger partial charge < -0.3 is 10.2 Å². The van der Waals surface area contributed by atoms with E-state index in [1.54, 1.807) is 13.0 Å². The largest absolute Gasteiger partial charge is 0.340 e. The summed E-state index contributed by atoms with van der Waals surface area (Å²) in [4.78, 5) is 23.5. The first-order valence-electron chi connectivity index (χ1n) is 8.60. The quantitative estimate of drug-likeness (QED) is 0.885. The van der Waals surface area contributed by atoms with Crippen LogP contribution in [0.1, 0.15) is 41.6 Å². The summed E-state index contributed by atoms with van der Waals surface area (Å²) in [5, 5.41) is 3.96. The van der Waals surface area contributed by atoms with Crippen molar-refractivity contribution in [1.82, 2.24) is 14.9 Å². The summed E-state index contributed by atoms with van der Waals surface area (Å²) in [5.74, 6) is 1.71. The van der Waals surface area contributed by atoms with Crippen LogP contribution in [-0.4, -0.2) is 33.9 Å². The number of rotatable bonds is 3. The number of likely N-dealkylation sites (tertiary alicyclic amines) is 1. The van der Waals surface area contributed by atoms with Crippen LogP contribution in [0.4, 0.5) is 11.5 Å². The number of hydrogen-bond donors (Lipinski definition) is 1. The minimum atomic E-state index is -0.0204. The lowest BCUT2D eigenvalue weighted by atomic mass is 10.00. The molecular formula is C19H23ClN4O. The molecule has 6 heteroatoms. The Bertz CT molecular complexity index is 793. The van der Waals surface area contributed by atoms with Gasteiger partial charge in [-0.2, -0.15) is 0 Å². The van der Waals surface area contributed by atoms with E-state index in [4.69, 9.17) is 11.6 Å². The SMILES string of the molecule is Cc1nc(Nc2ccc(Cl)cc2C)cc(C(=O)N2CCCC(C)C2)n1. The van der Waals surface area contributed by atoms with Gasteiger partial charge in [0.05, 0.1) is 0 Å². The Labute approximate surface area is 153 Å². The second-order valence-corrected chi connectivity index (χ2v) is 7.20. The average molecular weight is 359 g/mol. The third kappa shape index (κ3) is 4.28. The Balaban J connectivity index is 1.83. The number of carbonyl (C=O) groups excluding carboxylic acids is 1. The summed E-state index contributed by atoms with van der Waals surface area (Å²) in [7, 11) is 0. The van der Waals surface area contributed by atoms with Crippen molar-refractivity contribution in [3.05, 3.63) is 46.4 Å². The molecule has 132 valence electrons. The van der Waals surface area contributed by atoms with Crippen LogP contribution < -0.4 is 5.32 Å². The lowest BCUT2D eigenvalue weighted by Crippen LogP contribution is -2.39. The zero-order valence-electron chi connectivity index (χ0n) is 14.8. The molecule has 0 spiro atoms. The Hall–Kier alpha value is -2.14. The number of halogens is 1. The van der Waals surface area contributed by atoms with Crippen molar-refractivity contribution >= 4 is 29.0 Å². The molecule has 0 radical (unpaired) electrons. The highest BCUT2D eigenvalue weighted by Gasteiger charge is 2.23. The smallest absolute Gasteiger partial charge is 0.272 e. The predicted octanol–water partition coefficient (Wildman–Crippen LogP) is 4.36. The number of aromatic nitrogens is 2. The Kier molecular flexibility index (Phi) is 5.23. The molecule has 5 nitrogen and oxygen atoms in total. The Morgan fingerprint density at radius 1 is 1.28 bits per heavy atom. The number of hydrogen-bond acceptors (Lipinski definition) is 4. The van der Waals surface area contributed by atoms with E-state index in [2.05, 4.69) is 22.2 Å². The van der Waals surface area contributed by atoms with Crippen LogP contribution in [0.5, 0.6) is 0 Å². The molecule has 0 aliphatic carbocycles. The Morgan fingerprint density at radius 3 is 2.80 bits per heavy atom. The molecule has 2 heterocycles. The lowest BCUT2D eigenvalue weighted by Gasteiger charge is -2.30. The first-order valence-corrected chi connectivity index (χ1v) is 8.98. The maximum atomic E-state index is 12.8. The fourth-order valence-corrected chi connectivity index (χ4v) is 3.41. The molecule has 1 aromatic carbocycles. The zero-order chi connectivity index (χ0) is 18.0. The molecule has 25 heavy (non-hydrogen) atoms. The number of carbonyl (C=O) groups is 1. The number of amides is 1. The van der Waals surface area contributed by atoms with E-state index < -0.39 is 0 Å². The van der Waals surface area contributed by atoms with Gasteiger partial charge in [0.15, 0.2) is 0 Å². The Morgan fingerprint density at radius 2 is 2.08 bits per heavy atom. The van der Waals surface area contributed by atoms with E-state index in [9.17, 15) is 4.79 Å². The van der Waals surface area contributed by atoms with Crippen LogP contribution in [-0.2, 0) is 0 Å². The van der Waals surface area contributed by atoms with Crippen LogP contribution in [0.25, 0.3) is 0 Å². The normalized spacial score (nSPS) is 17.4. The highest BCUT2D eigenvalue weighted by atomic mass is 35.5. The number of aryl methyl sites for hydroxylation is 2. The monoisotopic (exact) mass is 358 g/mol. The molecule has 2 aromatic rings. The van der Waals surface area contributed by atoms with Crippen molar-refractivity contribution in [2.75, 3.05) is 18.4 Å². The molecule has 1 aromatic heterocycles. The molecule has 0 saturated carbocycles. The third-order valence-corrected chi connectivity index (χ3v) is 4.69. The van der Waals surface area contributed by atoms with Crippen molar-refractivity contribution in [3.63, 3.8) is 0 Å². The first-order chi connectivity index (χ1) is 11.9. The summed E-state index contributed by atoms with van der Waals surface area (Å²) >= 11 is 6.01. The van der Waals surface area contributed by atoms with Crippen LogP contribution in [0.3, 0.4) is 0 Å².